The molecule has 0 spiro atoms. The first-order valence-corrected chi connectivity index (χ1v) is 4.88. The molecule has 0 aliphatic carbocycles. The average molecular weight is 230 g/mol. The Morgan fingerprint density at radius 2 is 2.20 bits per heavy atom. The topological polar surface area (TPSA) is 55.5 Å². The maximum Gasteiger partial charge on any atom is 0.122 e. The molecule has 3 N–H and O–H groups in total. The van der Waals surface area contributed by atoms with Crippen molar-refractivity contribution in [1.29, 1.82) is 0 Å². The van der Waals surface area contributed by atoms with Gasteiger partial charge in [-0.15, -0.1) is 12.4 Å². The number of fused-ring (bicyclic) bond motifs is 1. The zero-order valence-electron chi connectivity index (χ0n) is 8.64. The first-order chi connectivity index (χ1) is 6.68. The van der Waals surface area contributed by atoms with Gasteiger partial charge in [0.2, 0.25) is 0 Å². The fourth-order valence-electron chi connectivity index (χ4n) is 1.69. The molecule has 0 amide bonds. The van der Waals surface area contributed by atoms with Crippen molar-refractivity contribution in [3.05, 3.63) is 29.3 Å². The minimum absolute atomic E-state index is 0. The summed E-state index contributed by atoms with van der Waals surface area (Å²) in [5.74, 6) is 0.951. The molecule has 0 saturated heterocycles. The van der Waals surface area contributed by atoms with Crippen LogP contribution in [0.3, 0.4) is 0 Å². The van der Waals surface area contributed by atoms with Crippen LogP contribution in [0.5, 0.6) is 5.75 Å². The number of nitrogens with two attached hydrogens (primary N) is 1. The molecule has 0 bridgehead atoms. The van der Waals surface area contributed by atoms with E-state index in [1.165, 1.54) is 5.56 Å². The number of benzene rings is 1. The summed E-state index contributed by atoms with van der Waals surface area (Å²) in [6.07, 6.45) is 0.422. The quantitative estimate of drug-likeness (QED) is 0.807. The lowest BCUT2D eigenvalue weighted by Crippen LogP contribution is -2.23. The van der Waals surface area contributed by atoms with E-state index in [0.29, 0.717) is 0 Å². The summed E-state index contributed by atoms with van der Waals surface area (Å²) in [5, 5.41) is 9.37. The standard InChI is InChI=1S/C11H15NO2.ClH/c1-7(13)11(12)9-2-3-10-8(6-9)4-5-14-10;/h2-3,6-7,11,13H,4-5,12H2,1H3;1H/t7-,11-;/m1./s1. The van der Waals surface area contributed by atoms with Crippen molar-refractivity contribution < 1.29 is 9.84 Å². The van der Waals surface area contributed by atoms with E-state index in [2.05, 4.69) is 0 Å². The van der Waals surface area contributed by atoms with Gasteiger partial charge in [-0.1, -0.05) is 12.1 Å². The van der Waals surface area contributed by atoms with Crippen LogP contribution in [-0.4, -0.2) is 17.8 Å². The van der Waals surface area contributed by atoms with Crippen molar-refractivity contribution >= 4 is 12.4 Å². The van der Waals surface area contributed by atoms with E-state index in [4.69, 9.17) is 10.5 Å². The smallest absolute Gasteiger partial charge is 0.122 e. The monoisotopic (exact) mass is 229 g/mol. The van der Waals surface area contributed by atoms with Crippen LogP contribution in [0.2, 0.25) is 0 Å². The number of aliphatic hydroxyl groups excluding tert-OH is 1. The van der Waals surface area contributed by atoms with Crippen molar-refractivity contribution in [2.75, 3.05) is 6.61 Å². The molecule has 1 aromatic carbocycles. The second-order valence-electron chi connectivity index (χ2n) is 3.73. The molecule has 0 saturated carbocycles. The van der Waals surface area contributed by atoms with Crippen LogP contribution in [0.15, 0.2) is 18.2 Å². The van der Waals surface area contributed by atoms with Gasteiger partial charge in [0.05, 0.1) is 18.8 Å². The van der Waals surface area contributed by atoms with Crippen molar-refractivity contribution in [3.8, 4) is 5.75 Å². The number of aliphatic hydroxyl groups is 1. The van der Waals surface area contributed by atoms with Gasteiger partial charge in [-0.3, -0.25) is 0 Å². The minimum Gasteiger partial charge on any atom is -0.493 e. The molecule has 4 heteroatoms. The molecule has 1 heterocycles. The zero-order valence-corrected chi connectivity index (χ0v) is 9.46. The largest absolute Gasteiger partial charge is 0.493 e. The number of rotatable bonds is 2. The van der Waals surface area contributed by atoms with E-state index >= 15 is 0 Å². The van der Waals surface area contributed by atoms with Gasteiger partial charge in [0.15, 0.2) is 0 Å². The fraction of sp³-hybridized carbons (Fsp3) is 0.455. The lowest BCUT2D eigenvalue weighted by molar-refractivity contribution is 0.164. The van der Waals surface area contributed by atoms with E-state index in [1.54, 1.807) is 6.92 Å². The molecular weight excluding hydrogens is 214 g/mol. The highest BCUT2D eigenvalue weighted by Gasteiger charge is 2.16. The first kappa shape index (κ1) is 12.3. The molecule has 0 fully saturated rings. The average Bonchev–Trinajstić information content (AvgIpc) is 2.62. The van der Waals surface area contributed by atoms with Gasteiger partial charge in [0.25, 0.3) is 0 Å². The normalized spacial score (nSPS) is 17.3. The van der Waals surface area contributed by atoms with Gasteiger partial charge in [-0.25, -0.2) is 0 Å². The van der Waals surface area contributed by atoms with Gasteiger partial charge in [0, 0.05) is 6.42 Å². The minimum atomic E-state index is -0.518. The molecule has 0 aromatic heterocycles. The Hall–Kier alpha value is -0.770. The molecule has 0 unspecified atom stereocenters. The number of hydrogen-bond donors (Lipinski definition) is 2. The van der Waals surface area contributed by atoms with Crippen molar-refractivity contribution in [3.63, 3.8) is 0 Å². The molecule has 1 aliphatic rings. The number of hydrogen-bond acceptors (Lipinski definition) is 3. The zero-order chi connectivity index (χ0) is 10.1. The summed E-state index contributed by atoms with van der Waals surface area (Å²) in [6, 6.07) is 5.57. The molecular formula is C11H16ClNO2. The lowest BCUT2D eigenvalue weighted by Gasteiger charge is -2.15. The van der Waals surface area contributed by atoms with Crippen LogP contribution in [0.25, 0.3) is 0 Å². The van der Waals surface area contributed by atoms with Crippen LogP contribution in [-0.2, 0) is 6.42 Å². The molecule has 2 rings (SSSR count). The highest BCUT2D eigenvalue weighted by molar-refractivity contribution is 5.85. The van der Waals surface area contributed by atoms with Gasteiger partial charge < -0.3 is 15.6 Å². The Bertz CT molecular complexity index is 341. The Labute approximate surface area is 95.7 Å². The van der Waals surface area contributed by atoms with Gasteiger partial charge >= 0.3 is 0 Å². The van der Waals surface area contributed by atoms with Crippen LogP contribution in [0.4, 0.5) is 0 Å². The summed E-state index contributed by atoms with van der Waals surface area (Å²) in [6.45, 7) is 2.46. The predicted octanol–water partition coefficient (Wildman–Crippen LogP) is 1.42. The van der Waals surface area contributed by atoms with Crippen LogP contribution >= 0.6 is 12.4 Å². The third kappa shape index (κ3) is 2.43. The van der Waals surface area contributed by atoms with Crippen molar-refractivity contribution in [2.45, 2.75) is 25.5 Å². The molecule has 84 valence electrons. The fourth-order valence-corrected chi connectivity index (χ4v) is 1.69. The van der Waals surface area contributed by atoms with Crippen LogP contribution < -0.4 is 10.5 Å². The summed E-state index contributed by atoms with van der Waals surface area (Å²) >= 11 is 0. The SMILES string of the molecule is C[C@@H](O)[C@@H](N)c1ccc2c(c1)CCO2.Cl. The van der Waals surface area contributed by atoms with E-state index in [-0.39, 0.29) is 18.4 Å². The summed E-state index contributed by atoms with van der Waals surface area (Å²) < 4.78 is 5.39. The van der Waals surface area contributed by atoms with E-state index < -0.39 is 6.10 Å². The molecule has 3 nitrogen and oxygen atoms in total. The van der Waals surface area contributed by atoms with Gasteiger partial charge in [0.1, 0.15) is 5.75 Å². The van der Waals surface area contributed by atoms with Crippen molar-refractivity contribution in [2.24, 2.45) is 5.73 Å². The molecule has 0 radical (unpaired) electrons. The molecule has 1 aliphatic heterocycles. The Kier molecular flexibility index (Phi) is 3.97. The Morgan fingerprint density at radius 1 is 1.47 bits per heavy atom. The maximum atomic E-state index is 9.37. The highest BCUT2D eigenvalue weighted by Crippen LogP contribution is 2.28. The van der Waals surface area contributed by atoms with Crippen LogP contribution in [0.1, 0.15) is 24.1 Å². The van der Waals surface area contributed by atoms with E-state index in [0.717, 1.165) is 24.3 Å². The van der Waals surface area contributed by atoms with E-state index in [9.17, 15) is 5.11 Å². The van der Waals surface area contributed by atoms with Gasteiger partial charge in [-0.2, -0.15) is 0 Å². The molecule has 2 atom stereocenters. The third-order valence-corrected chi connectivity index (χ3v) is 2.62. The summed E-state index contributed by atoms with van der Waals surface area (Å²) in [7, 11) is 0. The number of ether oxygens (including phenoxy) is 1. The second kappa shape index (κ2) is 4.84. The second-order valence-corrected chi connectivity index (χ2v) is 3.73. The summed E-state index contributed by atoms with van der Waals surface area (Å²) in [4.78, 5) is 0. The third-order valence-electron chi connectivity index (χ3n) is 2.62. The number of halogens is 1. The van der Waals surface area contributed by atoms with E-state index in [1.807, 2.05) is 18.2 Å². The molecule has 15 heavy (non-hydrogen) atoms. The van der Waals surface area contributed by atoms with Crippen molar-refractivity contribution in [1.82, 2.24) is 0 Å². The Morgan fingerprint density at radius 3 is 2.87 bits per heavy atom. The predicted molar refractivity (Wildman–Crippen MR) is 61.5 cm³/mol. The highest BCUT2D eigenvalue weighted by atomic mass is 35.5. The summed E-state index contributed by atoms with van der Waals surface area (Å²) in [5.41, 5.74) is 8.01. The maximum absolute atomic E-state index is 9.37. The first-order valence-electron chi connectivity index (χ1n) is 4.88. The molecule has 1 aromatic rings. The lowest BCUT2D eigenvalue weighted by atomic mass is 10.00. The van der Waals surface area contributed by atoms with Gasteiger partial charge in [-0.05, 0) is 24.1 Å². The Balaban J connectivity index is 0.00000112. The van der Waals surface area contributed by atoms with Crippen LogP contribution in [0, 0.1) is 0 Å².